The van der Waals surface area contributed by atoms with Gasteiger partial charge in [-0.2, -0.15) is 0 Å². The summed E-state index contributed by atoms with van der Waals surface area (Å²) >= 11 is 0. The van der Waals surface area contributed by atoms with Crippen LogP contribution < -0.4 is 0 Å². The Morgan fingerprint density at radius 2 is 1.44 bits per heavy atom. The van der Waals surface area contributed by atoms with E-state index in [1.165, 1.54) is 0 Å². The fourth-order valence-electron chi connectivity index (χ4n) is 2.39. The fourth-order valence-corrected chi connectivity index (χ4v) is 5.06. The van der Waals surface area contributed by atoms with Gasteiger partial charge in [0.05, 0.1) is 12.2 Å². The third kappa shape index (κ3) is 7.34. The van der Waals surface area contributed by atoms with Crippen molar-refractivity contribution >= 4 is 22.9 Å². The summed E-state index contributed by atoms with van der Waals surface area (Å²) in [4.78, 5) is 11.5. The number of rotatable bonds is 10. The summed E-state index contributed by atoms with van der Waals surface area (Å²) in [6.45, 7) is 26.1. The molecule has 0 aliphatic rings. The average Bonchev–Trinajstić information content (AvgIpc) is 2.47. The summed E-state index contributed by atoms with van der Waals surface area (Å²) in [5.74, 6) is 2.63. The standard InChI is InChI=1S/C22H42O3Si2/c1-13-15-20(25-27(11,12)22(6,7)8)18(16-17-23)19(14-2)24-26(9,10)21(3,4)5/h1,14,17-20H,2,15-16H2,3-12H3/t18-,19-,20+/m1/s1. The van der Waals surface area contributed by atoms with Gasteiger partial charge in [-0.05, 0) is 36.3 Å². The summed E-state index contributed by atoms with van der Waals surface area (Å²) in [5, 5.41) is 0.136. The van der Waals surface area contributed by atoms with Crippen LogP contribution in [0.2, 0.25) is 36.3 Å². The second-order valence-corrected chi connectivity index (χ2v) is 20.0. The Balaban J connectivity index is 5.85. The second-order valence-electron chi connectivity index (χ2n) is 10.5. The van der Waals surface area contributed by atoms with Crippen molar-refractivity contribution in [2.45, 2.75) is 103 Å². The van der Waals surface area contributed by atoms with Crippen LogP contribution in [0.1, 0.15) is 54.4 Å². The van der Waals surface area contributed by atoms with E-state index in [0.29, 0.717) is 12.8 Å². The molecule has 0 fully saturated rings. The molecule has 0 radical (unpaired) electrons. The lowest BCUT2D eigenvalue weighted by Crippen LogP contribution is -2.50. The van der Waals surface area contributed by atoms with E-state index in [2.05, 4.69) is 80.2 Å². The molecule has 0 N–H and O–H groups in total. The molecule has 0 aromatic carbocycles. The molecule has 0 aromatic heterocycles. The van der Waals surface area contributed by atoms with Gasteiger partial charge in [-0.25, -0.2) is 0 Å². The lowest BCUT2D eigenvalue weighted by Gasteiger charge is -2.44. The van der Waals surface area contributed by atoms with E-state index in [1.54, 1.807) is 0 Å². The van der Waals surface area contributed by atoms with Gasteiger partial charge in [0.1, 0.15) is 6.29 Å². The summed E-state index contributed by atoms with van der Waals surface area (Å²) in [6, 6.07) is 0. The van der Waals surface area contributed by atoms with Crippen LogP contribution in [0, 0.1) is 18.3 Å². The van der Waals surface area contributed by atoms with Crippen molar-refractivity contribution in [2.24, 2.45) is 5.92 Å². The number of hydrogen-bond donors (Lipinski definition) is 0. The zero-order valence-electron chi connectivity index (χ0n) is 19.3. The third-order valence-corrected chi connectivity index (χ3v) is 15.3. The normalized spacial score (nSPS) is 16.9. The van der Waals surface area contributed by atoms with Crippen molar-refractivity contribution < 1.29 is 13.6 Å². The molecule has 0 spiro atoms. The molecule has 0 aromatic rings. The number of terminal acetylenes is 1. The molecule has 3 atom stereocenters. The van der Waals surface area contributed by atoms with E-state index in [0.717, 1.165) is 6.29 Å². The highest BCUT2D eigenvalue weighted by atomic mass is 28.4. The van der Waals surface area contributed by atoms with E-state index in [-0.39, 0.29) is 28.2 Å². The maximum atomic E-state index is 11.5. The first kappa shape index (κ1) is 26.3. The highest BCUT2D eigenvalue weighted by molar-refractivity contribution is 6.74. The molecule has 0 unspecified atom stereocenters. The Kier molecular flexibility index (Phi) is 9.45. The molecule has 0 bridgehead atoms. The first-order chi connectivity index (χ1) is 12.0. The minimum absolute atomic E-state index is 0.0650. The number of aldehydes is 1. The molecule has 0 saturated heterocycles. The lowest BCUT2D eigenvalue weighted by atomic mass is 9.91. The molecule has 0 heterocycles. The Morgan fingerprint density at radius 3 is 1.78 bits per heavy atom. The van der Waals surface area contributed by atoms with Gasteiger partial charge in [-0.3, -0.25) is 0 Å². The van der Waals surface area contributed by atoms with Gasteiger partial charge in [-0.1, -0.05) is 47.6 Å². The first-order valence-electron chi connectivity index (χ1n) is 9.89. The predicted molar refractivity (Wildman–Crippen MR) is 122 cm³/mol. The Bertz CT molecular complexity index is 533. The Morgan fingerprint density at radius 1 is 1.00 bits per heavy atom. The topological polar surface area (TPSA) is 35.5 Å². The maximum Gasteiger partial charge on any atom is 0.192 e. The zero-order chi connectivity index (χ0) is 21.7. The van der Waals surface area contributed by atoms with Crippen LogP contribution >= 0.6 is 0 Å². The van der Waals surface area contributed by atoms with Crippen molar-refractivity contribution in [3.8, 4) is 12.3 Å². The average molecular weight is 411 g/mol. The van der Waals surface area contributed by atoms with Gasteiger partial charge >= 0.3 is 0 Å². The van der Waals surface area contributed by atoms with Crippen molar-refractivity contribution in [2.75, 3.05) is 0 Å². The van der Waals surface area contributed by atoms with Crippen molar-refractivity contribution in [3.63, 3.8) is 0 Å². The SMILES string of the molecule is C#CC[C@H](O[Si](C)(C)C(C)(C)C)[C@H](CC=O)[C@@H](C=C)O[Si](C)(C)C(C)(C)C. The second kappa shape index (κ2) is 9.69. The van der Waals surface area contributed by atoms with E-state index in [9.17, 15) is 4.79 Å². The van der Waals surface area contributed by atoms with Crippen LogP contribution in [0.15, 0.2) is 12.7 Å². The van der Waals surface area contributed by atoms with E-state index in [1.807, 2.05) is 6.08 Å². The van der Waals surface area contributed by atoms with Crippen LogP contribution in [-0.2, 0) is 13.6 Å². The molecule has 5 heteroatoms. The molecular weight excluding hydrogens is 368 g/mol. The van der Waals surface area contributed by atoms with Gasteiger partial charge in [0, 0.05) is 18.8 Å². The van der Waals surface area contributed by atoms with Crippen molar-refractivity contribution in [1.82, 2.24) is 0 Å². The predicted octanol–water partition coefficient (Wildman–Crippen LogP) is 6.18. The number of carbonyl (C=O) groups excluding carboxylic acids is 1. The number of hydrogen-bond acceptors (Lipinski definition) is 3. The largest absolute Gasteiger partial charge is 0.413 e. The van der Waals surface area contributed by atoms with Crippen LogP contribution in [0.5, 0.6) is 0 Å². The highest BCUT2D eigenvalue weighted by Gasteiger charge is 2.44. The molecule has 0 rings (SSSR count). The van der Waals surface area contributed by atoms with Crippen molar-refractivity contribution in [3.05, 3.63) is 12.7 Å². The van der Waals surface area contributed by atoms with Crippen LogP contribution in [0.4, 0.5) is 0 Å². The molecule has 0 amide bonds. The smallest absolute Gasteiger partial charge is 0.192 e. The molecule has 0 aliphatic heterocycles. The van der Waals surface area contributed by atoms with Gasteiger partial charge in [0.2, 0.25) is 0 Å². The quantitative estimate of drug-likeness (QED) is 0.187. The Hall–Kier alpha value is -0.676. The van der Waals surface area contributed by atoms with E-state index in [4.69, 9.17) is 15.3 Å². The van der Waals surface area contributed by atoms with Gasteiger partial charge in [0.25, 0.3) is 0 Å². The monoisotopic (exact) mass is 410 g/mol. The Labute approximate surface area is 170 Å². The fraction of sp³-hybridized carbons (Fsp3) is 0.773. The van der Waals surface area contributed by atoms with Crippen LogP contribution in [0.25, 0.3) is 0 Å². The van der Waals surface area contributed by atoms with E-state index < -0.39 is 16.6 Å². The highest BCUT2D eigenvalue weighted by Crippen LogP contribution is 2.41. The minimum Gasteiger partial charge on any atom is -0.413 e. The molecule has 3 nitrogen and oxygen atoms in total. The maximum absolute atomic E-state index is 11.5. The summed E-state index contributed by atoms with van der Waals surface area (Å²) in [6.07, 6.45) is 8.81. The van der Waals surface area contributed by atoms with Crippen LogP contribution in [-0.4, -0.2) is 35.1 Å². The lowest BCUT2D eigenvalue weighted by molar-refractivity contribution is -0.110. The molecule has 0 aliphatic carbocycles. The number of carbonyl (C=O) groups is 1. The van der Waals surface area contributed by atoms with Crippen LogP contribution in [0.3, 0.4) is 0 Å². The summed E-state index contributed by atoms with van der Waals surface area (Å²) < 4.78 is 13.3. The molecule has 156 valence electrons. The zero-order valence-corrected chi connectivity index (χ0v) is 21.3. The van der Waals surface area contributed by atoms with Gasteiger partial charge < -0.3 is 13.6 Å². The van der Waals surface area contributed by atoms with E-state index >= 15 is 0 Å². The van der Waals surface area contributed by atoms with Gasteiger partial charge in [0.15, 0.2) is 16.6 Å². The van der Waals surface area contributed by atoms with Crippen molar-refractivity contribution in [1.29, 1.82) is 0 Å². The molecule has 0 saturated carbocycles. The van der Waals surface area contributed by atoms with Gasteiger partial charge in [-0.15, -0.1) is 18.9 Å². The molecular formula is C22H42O3Si2. The molecule has 27 heavy (non-hydrogen) atoms. The third-order valence-electron chi connectivity index (χ3n) is 6.31. The minimum atomic E-state index is -2.04. The summed E-state index contributed by atoms with van der Waals surface area (Å²) in [5.41, 5.74) is 0. The first-order valence-corrected chi connectivity index (χ1v) is 15.7. The summed E-state index contributed by atoms with van der Waals surface area (Å²) in [7, 11) is -4.07.